The Bertz CT molecular complexity index is 1010. The molecule has 2 heterocycles. The average molecular weight is 475 g/mol. The molecule has 2 aromatic rings. The minimum Gasteiger partial charge on any atom is -0.379 e. The molecular formula is C23H24F2N4O3S. The maximum atomic E-state index is 13.4. The van der Waals surface area contributed by atoms with Crippen molar-refractivity contribution in [3.8, 4) is 0 Å². The van der Waals surface area contributed by atoms with E-state index in [-0.39, 0.29) is 23.3 Å². The van der Waals surface area contributed by atoms with Crippen molar-refractivity contribution in [2.75, 3.05) is 49.6 Å². The molecule has 1 unspecified atom stereocenters. The number of amides is 2. The highest BCUT2D eigenvalue weighted by atomic mass is 32.1. The van der Waals surface area contributed by atoms with E-state index in [1.165, 1.54) is 53.4 Å². The molecule has 0 spiro atoms. The summed E-state index contributed by atoms with van der Waals surface area (Å²) in [5.41, 5.74) is 0.883. The lowest BCUT2D eigenvalue weighted by atomic mass is 10.1. The number of hydrogen-bond acceptors (Lipinski definition) is 5. The molecule has 7 nitrogen and oxygen atoms in total. The lowest BCUT2D eigenvalue weighted by molar-refractivity contribution is -0.124. The first-order valence-corrected chi connectivity index (χ1v) is 11.1. The Hall–Kier alpha value is -2.95. The molecule has 0 aliphatic carbocycles. The van der Waals surface area contributed by atoms with Gasteiger partial charge in [-0.3, -0.25) is 19.4 Å². The molecule has 33 heavy (non-hydrogen) atoms. The maximum absolute atomic E-state index is 13.4. The highest BCUT2D eigenvalue weighted by Gasteiger charge is 2.44. The number of thiocarbonyl (C=S) groups is 1. The molecule has 2 aliphatic rings. The molecule has 0 radical (unpaired) electrons. The Labute approximate surface area is 195 Å². The molecule has 2 fully saturated rings. The molecule has 0 saturated carbocycles. The summed E-state index contributed by atoms with van der Waals surface area (Å²) < 4.78 is 31.9. The van der Waals surface area contributed by atoms with E-state index in [0.29, 0.717) is 37.7 Å². The predicted octanol–water partition coefficient (Wildman–Crippen LogP) is 2.63. The number of morpholine rings is 1. The van der Waals surface area contributed by atoms with E-state index in [9.17, 15) is 18.4 Å². The summed E-state index contributed by atoms with van der Waals surface area (Å²) in [4.78, 5) is 31.4. The standard InChI is InChI=1S/C23H24F2N4O3S/c24-16-1-5-18(6-2-16)26-21(30)15-20-22(31)29(19-7-3-17(25)4-8-19)23(33)28(20)10-9-27-11-13-32-14-12-27/h1-8,20H,9-15H2,(H,26,30). The van der Waals surface area contributed by atoms with Crippen LogP contribution >= 0.6 is 12.2 Å². The Morgan fingerprint density at radius 1 is 1.00 bits per heavy atom. The largest absolute Gasteiger partial charge is 0.379 e. The van der Waals surface area contributed by atoms with Crippen LogP contribution in [0.2, 0.25) is 0 Å². The molecule has 174 valence electrons. The quantitative estimate of drug-likeness (QED) is 0.623. The van der Waals surface area contributed by atoms with Gasteiger partial charge in [-0.05, 0) is 60.7 Å². The van der Waals surface area contributed by atoms with Crippen LogP contribution in [-0.2, 0) is 14.3 Å². The average Bonchev–Trinajstić information content (AvgIpc) is 3.04. The number of benzene rings is 2. The molecule has 2 saturated heterocycles. The van der Waals surface area contributed by atoms with Crippen LogP contribution in [0.1, 0.15) is 6.42 Å². The van der Waals surface area contributed by atoms with Gasteiger partial charge < -0.3 is 15.0 Å². The zero-order chi connectivity index (χ0) is 23.4. The second-order valence-corrected chi connectivity index (χ2v) is 8.22. The van der Waals surface area contributed by atoms with E-state index < -0.39 is 17.7 Å². The third-order valence-corrected chi connectivity index (χ3v) is 6.09. The number of ether oxygens (including phenoxy) is 1. The van der Waals surface area contributed by atoms with Crippen LogP contribution in [-0.4, -0.2) is 72.2 Å². The molecule has 0 aromatic heterocycles. The van der Waals surface area contributed by atoms with Crippen LogP contribution in [0.3, 0.4) is 0 Å². The maximum Gasteiger partial charge on any atom is 0.256 e. The van der Waals surface area contributed by atoms with E-state index in [4.69, 9.17) is 17.0 Å². The van der Waals surface area contributed by atoms with Gasteiger partial charge in [0.05, 0.1) is 25.3 Å². The normalized spacial score (nSPS) is 19.3. The minimum absolute atomic E-state index is 0.128. The first kappa shape index (κ1) is 23.2. The van der Waals surface area contributed by atoms with E-state index >= 15 is 0 Å². The Balaban J connectivity index is 1.51. The Morgan fingerprint density at radius 2 is 1.61 bits per heavy atom. The number of hydrogen-bond donors (Lipinski definition) is 1. The molecule has 2 aromatic carbocycles. The molecule has 2 amide bonds. The van der Waals surface area contributed by atoms with Gasteiger partial charge in [0.25, 0.3) is 5.91 Å². The summed E-state index contributed by atoms with van der Waals surface area (Å²) in [7, 11) is 0. The second-order valence-electron chi connectivity index (χ2n) is 7.86. The number of anilines is 2. The van der Waals surface area contributed by atoms with E-state index in [0.717, 1.165) is 13.1 Å². The van der Waals surface area contributed by atoms with Crippen molar-refractivity contribution in [1.82, 2.24) is 9.80 Å². The molecule has 10 heteroatoms. The van der Waals surface area contributed by atoms with Crippen LogP contribution in [0.25, 0.3) is 0 Å². The van der Waals surface area contributed by atoms with Crippen LogP contribution in [0, 0.1) is 11.6 Å². The van der Waals surface area contributed by atoms with Crippen molar-refractivity contribution >= 4 is 40.5 Å². The van der Waals surface area contributed by atoms with Gasteiger partial charge >= 0.3 is 0 Å². The monoisotopic (exact) mass is 474 g/mol. The SMILES string of the molecule is O=C(CC1C(=O)N(c2ccc(F)cc2)C(=S)N1CCN1CCOCC1)Nc1ccc(F)cc1. The number of nitrogens with zero attached hydrogens (tertiary/aromatic N) is 3. The molecular weight excluding hydrogens is 450 g/mol. The number of carbonyl (C=O) groups excluding carboxylic acids is 2. The van der Waals surface area contributed by atoms with Crippen LogP contribution < -0.4 is 10.2 Å². The summed E-state index contributed by atoms with van der Waals surface area (Å²) >= 11 is 5.62. The van der Waals surface area contributed by atoms with Gasteiger partial charge in [0.2, 0.25) is 5.91 Å². The van der Waals surface area contributed by atoms with Crippen LogP contribution in [0.5, 0.6) is 0 Å². The first-order chi connectivity index (χ1) is 15.9. The lowest BCUT2D eigenvalue weighted by Gasteiger charge is -2.30. The lowest BCUT2D eigenvalue weighted by Crippen LogP contribution is -2.45. The minimum atomic E-state index is -0.802. The highest BCUT2D eigenvalue weighted by molar-refractivity contribution is 7.80. The molecule has 1 N–H and O–H groups in total. The second kappa shape index (κ2) is 10.3. The van der Waals surface area contributed by atoms with Crippen LogP contribution in [0.15, 0.2) is 48.5 Å². The summed E-state index contributed by atoms with van der Waals surface area (Å²) in [5, 5.41) is 2.97. The topological polar surface area (TPSA) is 65.1 Å². The predicted molar refractivity (Wildman–Crippen MR) is 124 cm³/mol. The number of nitrogens with one attached hydrogen (secondary N) is 1. The first-order valence-electron chi connectivity index (χ1n) is 10.7. The summed E-state index contributed by atoms with van der Waals surface area (Å²) in [6.45, 7) is 3.97. The van der Waals surface area contributed by atoms with Crippen molar-refractivity contribution < 1.29 is 23.1 Å². The van der Waals surface area contributed by atoms with E-state index in [1.807, 2.05) is 0 Å². The van der Waals surface area contributed by atoms with Crippen molar-refractivity contribution in [2.24, 2.45) is 0 Å². The third kappa shape index (κ3) is 5.52. The van der Waals surface area contributed by atoms with Gasteiger partial charge in [0.1, 0.15) is 17.7 Å². The van der Waals surface area contributed by atoms with Crippen molar-refractivity contribution in [2.45, 2.75) is 12.5 Å². The number of halogens is 2. The Kier molecular flexibility index (Phi) is 7.26. The summed E-state index contributed by atoms with van der Waals surface area (Å²) in [6, 6.07) is 10.1. The zero-order valence-corrected chi connectivity index (χ0v) is 18.7. The zero-order valence-electron chi connectivity index (χ0n) is 17.9. The van der Waals surface area contributed by atoms with Crippen molar-refractivity contribution in [1.29, 1.82) is 0 Å². The number of rotatable bonds is 7. The highest BCUT2D eigenvalue weighted by Crippen LogP contribution is 2.27. The fraction of sp³-hybridized carbons (Fsp3) is 0.348. The number of carbonyl (C=O) groups is 2. The van der Waals surface area contributed by atoms with Gasteiger partial charge in [-0.1, -0.05) is 0 Å². The fourth-order valence-electron chi connectivity index (χ4n) is 3.91. The smallest absolute Gasteiger partial charge is 0.256 e. The van der Waals surface area contributed by atoms with Gasteiger partial charge in [-0.25, -0.2) is 8.78 Å². The molecule has 0 bridgehead atoms. The van der Waals surface area contributed by atoms with Gasteiger partial charge in [-0.15, -0.1) is 0 Å². The van der Waals surface area contributed by atoms with E-state index in [1.54, 1.807) is 4.90 Å². The third-order valence-electron chi connectivity index (χ3n) is 5.67. The molecule has 1 atom stereocenters. The van der Waals surface area contributed by atoms with Crippen LogP contribution in [0.4, 0.5) is 20.2 Å². The van der Waals surface area contributed by atoms with Gasteiger partial charge in [0.15, 0.2) is 5.11 Å². The molecule has 2 aliphatic heterocycles. The van der Waals surface area contributed by atoms with Gasteiger partial charge in [0, 0.05) is 31.9 Å². The van der Waals surface area contributed by atoms with Crippen molar-refractivity contribution in [3.05, 3.63) is 60.2 Å². The van der Waals surface area contributed by atoms with Crippen molar-refractivity contribution in [3.63, 3.8) is 0 Å². The Morgan fingerprint density at radius 3 is 2.24 bits per heavy atom. The van der Waals surface area contributed by atoms with E-state index in [2.05, 4.69) is 10.2 Å². The summed E-state index contributed by atoms with van der Waals surface area (Å²) in [6.07, 6.45) is -0.128. The van der Waals surface area contributed by atoms with Gasteiger partial charge in [-0.2, -0.15) is 0 Å². The summed E-state index contributed by atoms with van der Waals surface area (Å²) in [5.74, 6) is -1.56. The molecule has 4 rings (SSSR count). The fourth-order valence-corrected chi connectivity index (χ4v) is 4.32.